The highest BCUT2D eigenvalue weighted by Gasteiger charge is 2.30. The molecule has 0 saturated carbocycles. The first kappa shape index (κ1) is 14.6. The molecule has 2 nitrogen and oxygen atoms in total. The summed E-state index contributed by atoms with van der Waals surface area (Å²) in [6.45, 7) is 2.04. The molecule has 0 fully saturated rings. The van der Waals surface area contributed by atoms with Gasteiger partial charge in [0.05, 0.1) is 13.2 Å². The van der Waals surface area contributed by atoms with Gasteiger partial charge in [0.25, 0.3) is 0 Å². The van der Waals surface area contributed by atoms with Crippen molar-refractivity contribution < 1.29 is 10.2 Å². The zero-order valence-corrected chi connectivity index (χ0v) is 11.5. The molecule has 0 aliphatic heterocycles. The Hall–Kier alpha value is -0.510. The van der Waals surface area contributed by atoms with E-state index in [2.05, 4.69) is 6.26 Å². The van der Waals surface area contributed by atoms with Gasteiger partial charge >= 0.3 is 0 Å². The highest BCUT2D eigenvalue weighted by Crippen LogP contribution is 2.29. The van der Waals surface area contributed by atoms with E-state index in [0.29, 0.717) is 0 Å². The minimum Gasteiger partial charge on any atom is -0.395 e. The van der Waals surface area contributed by atoms with Crippen LogP contribution in [0.1, 0.15) is 24.0 Å². The Morgan fingerprint density at radius 1 is 1.12 bits per heavy atom. The maximum Gasteiger partial charge on any atom is 0.0550 e. The van der Waals surface area contributed by atoms with Crippen LogP contribution in [-0.2, 0) is 5.41 Å². The van der Waals surface area contributed by atoms with Crippen molar-refractivity contribution in [3.63, 3.8) is 0 Å². The van der Waals surface area contributed by atoms with Crippen LogP contribution < -0.4 is 0 Å². The molecule has 0 heterocycles. The molecule has 0 unspecified atom stereocenters. The fourth-order valence-electron chi connectivity index (χ4n) is 2.00. The standard InChI is InChI=1S/C14H22O2S/c1-12-4-6-13(7-5-12)14(10-15,11-16)8-3-9-17-2/h4-7,15-16H,3,8-11H2,1-2H3. The molecule has 1 aromatic rings. The van der Waals surface area contributed by atoms with E-state index in [1.807, 2.05) is 31.2 Å². The first-order chi connectivity index (χ1) is 8.18. The second-order valence-electron chi connectivity index (χ2n) is 4.56. The SMILES string of the molecule is CSCCCC(CO)(CO)c1ccc(C)cc1. The second kappa shape index (κ2) is 7.04. The number of benzene rings is 1. The minimum absolute atomic E-state index is 0.000934. The largest absolute Gasteiger partial charge is 0.395 e. The first-order valence-corrected chi connectivity index (χ1v) is 7.36. The van der Waals surface area contributed by atoms with Crippen LogP contribution in [0.4, 0.5) is 0 Å². The molecule has 2 N–H and O–H groups in total. The third kappa shape index (κ3) is 3.73. The fourth-order valence-corrected chi connectivity index (χ4v) is 2.43. The molecule has 0 amide bonds. The molecule has 0 saturated heterocycles. The number of hydrogen-bond acceptors (Lipinski definition) is 3. The average Bonchev–Trinajstić information content (AvgIpc) is 2.37. The summed E-state index contributed by atoms with van der Waals surface area (Å²) in [4.78, 5) is 0. The Labute approximate surface area is 108 Å². The van der Waals surface area contributed by atoms with Crippen molar-refractivity contribution in [2.75, 3.05) is 25.2 Å². The van der Waals surface area contributed by atoms with Crippen LogP contribution in [0.15, 0.2) is 24.3 Å². The van der Waals surface area contributed by atoms with Gasteiger partial charge in [-0.15, -0.1) is 0 Å². The Morgan fingerprint density at radius 2 is 1.71 bits per heavy atom. The molecular weight excluding hydrogens is 232 g/mol. The summed E-state index contributed by atoms with van der Waals surface area (Å²) in [5, 5.41) is 19.3. The summed E-state index contributed by atoms with van der Waals surface area (Å²) < 4.78 is 0. The molecule has 1 rings (SSSR count). The Morgan fingerprint density at radius 3 is 2.18 bits per heavy atom. The van der Waals surface area contributed by atoms with Crippen molar-refractivity contribution in [3.05, 3.63) is 35.4 Å². The van der Waals surface area contributed by atoms with Crippen LogP contribution in [0.3, 0.4) is 0 Å². The molecule has 0 radical (unpaired) electrons. The zero-order valence-electron chi connectivity index (χ0n) is 10.6. The van der Waals surface area contributed by atoms with E-state index >= 15 is 0 Å². The molecule has 0 aliphatic carbocycles. The molecule has 96 valence electrons. The lowest BCUT2D eigenvalue weighted by atomic mass is 9.78. The lowest BCUT2D eigenvalue weighted by Gasteiger charge is -2.30. The lowest BCUT2D eigenvalue weighted by molar-refractivity contribution is 0.109. The van der Waals surface area contributed by atoms with Gasteiger partial charge in [-0.3, -0.25) is 0 Å². The van der Waals surface area contributed by atoms with Crippen LogP contribution in [0, 0.1) is 6.92 Å². The Bertz CT molecular complexity index is 317. The summed E-state index contributed by atoms with van der Waals surface area (Å²) >= 11 is 1.80. The van der Waals surface area contributed by atoms with Gasteiger partial charge in [0.1, 0.15) is 0 Å². The smallest absolute Gasteiger partial charge is 0.0550 e. The number of aliphatic hydroxyl groups excluding tert-OH is 2. The van der Waals surface area contributed by atoms with Gasteiger partial charge in [-0.05, 0) is 37.3 Å². The zero-order chi connectivity index (χ0) is 12.7. The van der Waals surface area contributed by atoms with Crippen LogP contribution in [0.2, 0.25) is 0 Å². The van der Waals surface area contributed by atoms with Gasteiger partial charge < -0.3 is 10.2 Å². The summed E-state index contributed by atoms with van der Waals surface area (Å²) in [7, 11) is 0. The molecule has 1 aromatic carbocycles. The number of rotatable bonds is 7. The molecule has 0 aliphatic rings. The van der Waals surface area contributed by atoms with E-state index in [1.165, 1.54) is 5.56 Å². The Balaban J connectivity index is 2.85. The normalized spacial score (nSPS) is 11.8. The minimum atomic E-state index is -0.483. The summed E-state index contributed by atoms with van der Waals surface area (Å²) in [6, 6.07) is 8.09. The van der Waals surface area contributed by atoms with Gasteiger partial charge in [-0.2, -0.15) is 11.8 Å². The number of aliphatic hydroxyl groups is 2. The van der Waals surface area contributed by atoms with Crippen LogP contribution in [-0.4, -0.2) is 35.4 Å². The Kier molecular flexibility index (Phi) is 6.03. The van der Waals surface area contributed by atoms with E-state index in [4.69, 9.17) is 0 Å². The molecule has 0 spiro atoms. The van der Waals surface area contributed by atoms with E-state index < -0.39 is 5.41 Å². The monoisotopic (exact) mass is 254 g/mol. The van der Waals surface area contributed by atoms with Crippen molar-refractivity contribution in [2.24, 2.45) is 0 Å². The van der Waals surface area contributed by atoms with Crippen LogP contribution >= 0.6 is 11.8 Å². The van der Waals surface area contributed by atoms with E-state index in [-0.39, 0.29) is 13.2 Å². The maximum absolute atomic E-state index is 9.63. The third-order valence-corrected chi connectivity index (χ3v) is 3.97. The lowest BCUT2D eigenvalue weighted by Crippen LogP contribution is -2.35. The fraction of sp³-hybridized carbons (Fsp3) is 0.571. The second-order valence-corrected chi connectivity index (χ2v) is 5.54. The summed E-state index contributed by atoms with van der Waals surface area (Å²) in [5.74, 6) is 1.06. The van der Waals surface area contributed by atoms with Gasteiger partial charge in [0.2, 0.25) is 0 Å². The summed E-state index contributed by atoms with van der Waals surface area (Å²) in [5.41, 5.74) is 1.75. The molecular formula is C14H22O2S. The van der Waals surface area contributed by atoms with Gasteiger partial charge in [0.15, 0.2) is 0 Å². The third-order valence-electron chi connectivity index (χ3n) is 3.27. The van der Waals surface area contributed by atoms with Crippen molar-refractivity contribution in [1.29, 1.82) is 0 Å². The highest BCUT2D eigenvalue weighted by atomic mass is 32.2. The van der Waals surface area contributed by atoms with Crippen molar-refractivity contribution in [1.82, 2.24) is 0 Å². The molecule has 0 bridgehead atoms. The van der Waals surface area contributed by atoms with Crippen LogP contribution in [0.25, 0.3) is 0 Å². The molecule has 3 heteroatoms. The van der Waals surface area contributed by atoms with Crippen LogP contribution in [0.5, 0.6) is 0 Å². The number of thioether (sulfide) groups is 1. The number of aryl methyl sites for hydroxylation is 1. The van der Waals surface area contributed by atoms with E-state index in [9.17, 15) is 10.2 Å². The van der Waals surface area contributed by atoms with Crippen molar-refractivity contribution in [3.8, 4) is 0 Å². The average molecular weight is 254 g/mol. The van der Waals surface area contributed by atoms with Crippen molar-refractivity contribution >= 4 is 11.8 Å². The van der Waals surface area contributed by atoms with Gasteiger partial charge in [-0.25, -0.2) is 0 Å². The van der Waals surface area contributed by atoms with Gasteiger partial charge in [-0.1, -0.05) is 29.8 Å². The predicted molar refractivity (Wildman–Crippen MR) is 74.6 cm³/mol. The first-order valence-electron chi connectivity index (χ1n) is 5.96. The topological polar surface area (TPSA) is 40.5 Å². The highest BCUT2D eigenvalue weighted by molar-refractivity contribution is 7.98. The van der Waals surface area contributed by atoms with E-state index in [1.54, 1.807) is 11.8 Å². The quantitative estimate of drug-likeness (QED) is 0.734. The predicted octanol–water partition coefficient (Wildman–Crippen LogP) is 2.36. The van der Waals surface area contributed by atoms with Crippen molar-refractivity contribution in [2.45, 2.75) is 25.2 Å². The molecule has 0 atom stereocenters. The summed E-state index contributed by atoms with van der Waals surface area (Å²) in [6.07, 6.45) is 3.91. The van der Waals surface area contributed by atoms with E-state index in [0.717, 1.165) is 24.2 Å². The molecule has 0 aromatic heterocycles. The number of hydrogen-bond donors (Lipinski definition) is 2. The van der Waals surface area contributed by atoms with Gasteiger partial charge in [0, 0.05) is 5.41 Å². The maximum atomic E-state index is 9.63. The molecule has 17 heavy (non-hydrogen) atoms.